The van der Waals surface area contributed by atoms with Crippen LogP contribution in [0, 0.1) is 0 Å². The van der Waals surface area contributed by atoms with Crippen molar-refractivity contribution in [3.8, 4) is 0 Å². The van der Waals surface area contributed by atoms with E-state index in [-0.39, 0.29) is 110 Å². The molecule has 6 atom stereocenters. The molecule has 0 saturated carbocycles. The summed E-state index contributed by atoms with van der Waals surface area (Å²) in [4.78, 5) is 151. The molecule has 0 fully saturated rings. The van der Waals surface area contributed by atoms with Crippen molar-refractivity contribution in [2.45, 2.75) is 165 Å². The van der Waals surface area contributed by atoms with Crippen LogP contribution in [0.1, 0.15) is 129 Å². The van der Waals surface area contributed by atoms with Crippen molar-refractivity contribution < 1.29 is 66.9 Å². The van der Waals surface area contributed by atoms with Gasteiger partial charge in [-0.3, -0.25) is 47.9 Å². The molecule has 0 aliphatic carbocycles. The number of ether oxygens (including phenoxy) is 4. The zero-order valence-electron chi connectivity index (χ0n) is 52.3. The standard InChI is InChI=1S/C56H105N11O14.CH4/c1-17-41(7)58-31-48(69)64(43(9)19-3)37-51(72)59(23-27-78-13)33-49(70)62(26-30-81-16)36-54(75)67(46(12)22-6)40-56(77)65(44(10)20-4)38-52(73)60(24-28-79-14)34-50(71)61(25-29-80-15)35-53(74)66(45(11)21-5)39-55(76)63(32-47(57)68)42(8)18-2;/h41-46,58H,17-40H2,1-16H3,(H2,57,68);1H4. The van der Waals surface area contributed by atoms with Crippen LogP contribution in [0.2, 0.25) is 0 Å². The van der Waals surface area contributed by atoms with Crippen LogP contribution >= 0.6 is 0 Å². The lowest BCUT2D eigenvalue weighted by molar-refractivity contribution is -0.151. The summed E-state index contributed by atoms with van der Waals surface area (Å²) in [7, 11) is 5.78. The lowest BCUT2D eigenvalue weighted by atomic mass is 10.1. The maximum absolute atomic E-state index is 14.6. The fourth-order valence-corrected chi connectivity index (χ4v) is 8.20. The molecular weight excluding hydrogens is 1060 g/mol. The van der Waals surface area contributed by atoms with Gasteiger partial charge in [0.2, 0.25) is 59.1 Å². The Morgan fingerprint density at radius 2 is 0.561 bits per heavy atom. The van der Waals surface area contributed by atoms with Gasteiger partial charge in [0.15, 0.2) is 0 Å². The molecular formula is C57H109N11O14. The average Bonchev–Trinajstić information content (AvgIpc) is 3.54. The summed E-state index contributed by atoms with van der Waals surface area (Å²) in [6, 6.07) is -1.97. The summed E-state index contributed by atoms with van der Waals surface area (Å²) in [5.41, 5.74) is 5.47. The molecule has 25 heteroatoms. The van der Waals surface area contributed by atoms with Gasteiger partial charge in [0, 0.05) is 90.9 Å². The molecule has 0 bridgehead atoms. The van der Waals surface area contributed by atoms with Gasteiger partial charge >= 0.3 is 0 Å². The summed E-state index contributed by atoms with van der Waals surface area (Å²) in [5, 5.41) is 3.19. The highest BCUT2D eigenvalue weighted by molar-refractivity contribution is 5.94. The lowest BCUT2D eigenvalue weighted by Crippen LogP contribution is -2.56. The third kappa shape index (κ3) is 28.2. The Labute approximate surface area is 491 Å². The molecule has 0 saturated heterocycles. The maximum Gasteiger partial charge on any atom is 0.242 e. The highest BCUT2D eigenvalue weighted by Gasteiger charge is 2.35. The molecule has 0 spiro atoms. The van der Waals surface area contributed by atoms with Gasteiger partial charge in [-0.2, -0.15) is 0 Å². The van der Waals surface area contributed by atoms with E-state index < -0.39 is 111 Å². The number of carbonyl (C=O) groups is 10. The van der Waals surface area contributed by atoms with Gasteiger partial charge in [0.25, 0.3) is 0 Å². The summed E-state index contributed by atoms with van der Waals surface area (Å²) < 4.78 is 21.2. The van der Waals surface area contributed by atoms with Crippen molar-refractivity contribution in [3.63, 3.8) is 0 Å². The number of amides is 10. The molecule has 10 amide bonds. The normalized spacial score (nSPS) is 13.2. The van der Waals surface area contributed by atoms with Gasteiger partial charge in [-0.25, -0.2) is 0 Å². The van der Waals surface area contributed by atoms with E-state index in [0.717, 1.165) is 6.42 Å². The Hall–Kier alpha value is -5.50. The monoisotopic (exact) mass is 1170 g/mol. The third-order valence-electron chi connectivity index (χ3n) is 15.0. The van der Waals surface area contributed by atoms with Crippen LogP contribution in [0.15, 0.2) is 0 Å². The van der Waals surface area contributed by atoms with Gasteiger partial charge in [0.05, 0.1) is 65.7 Å². The molecule has 0 rings (SSSR count). The van der Waals surface area contributed by atoms with E-state index in [1.165, 1.54) is 72.5 Å². The average molecular weight is 1170 g/mol. The van der Waals surface area contributed by atoms with E-state index in [0.29, 0.717) is 32.1 Å². The molecule has 0 aromatic rings. The van der Waals surface area contributed by atoms with E-state index in [2.05, 4.69) is 5.32 Å². The van der Waals surface area contributed by atoms with Gasteiger partial charge in [-0.15, -0.1) is 0 Å². The van der Waals surface area contributed by atoms with E-state index in [1.807, 2.05) is 55.4 Å². The number of primary amides is 1. The summed E-state index contributed by atoms with van der Waals surface area (Å²) in [6.45, 7) is 18.6. The predicted octanol–water partition coefficient (Wildman–Crippen LogP) is 1.53. The largest absolute Gasteiger partial charge is 0.383 e. The molecule has 25 nitrogen and oxygen atoms in total. The number of methoxy groups -OCH3 is 4. The number of nitrogens with zero attached hydrogens (tertiary/aromatic N) is 9. The minimum Gasteiger partial charge on any atom is -0.383 e. The van der Waals surface area contributed by atoms with Crippen molar-refractivity contribution >= 4 is 59.1 Å². The van der Waals surface area contributed by atoms with Gasteiger partial charge in [-0.1, -0.05) is 49.0 Å². The van der Waals surface area contributed by atoms with E-state index in [4.69, 9.17) is 24.7 Å². The molecule has 0 radical (unpaired) electrons. The quantitative estimate of drug-likeness (QED) is 0.0876. The number of nitrogens with two attached hydrogens (primary N) is 1. The number of hydrogen-bond acceptors (Lipinski definition) is 15. The van der Waals surface area contributed by atoms with Crippen LogP contribution in [0.25, 0.3) is 0 Å². The minimum absolute atomic E-state index is 0. The van der Waals surface area contributed by atoms with E-state index in [1.54, 1.807) is 27.7 Å². The van der Waals surface area contributed by atoms with Gasteiger partial charge in [-0.05, 0) is 80.1 Å². The summed E-state index contributed by atoms with van der Waals surface area (Å²) >= 11 is 0. The number of rotatable bonds is 44. The minimum atomic E-state index is -0.698. The molecule has 6 unspecified atom stereocenters. The molecule has 0 heterocycles. The van der Waals surface area contributed by atoms with E-state index in [9.17, 15) is 47.9 Å². The van der Waals surface area contributed by atoms with Crippen molar-refractivity contribution in [1.82, 2.24) is 49.4 Å². The topological polar surface area (TPSA) is 275 Å². The number of hydrogen-bond donors (Lipinski definition) is 2. The Balaban J connectivity index is 0. The Kier molecular flexibility index (Phi) is 41.4. The fraction of sp³-hybridized carbons (Fsp3) is 0.825. The maximum atomic E-state index is 14.6. The molecule has 0 aromatic carbocycles. The van der Waals surface area contributed by atoms with Crippen molar-refractivity contribution in [2.75, 3.05) is 146 Å². The summed E-state index contributed by atoms with van der Waals surface area (Å²) in [6.07, 6.45) is 3.26. The van der Waals surface area contributed by atoms with Crippen LogP contribution in [0.3, 0.4) is 0 Å². The Morgan fingerprint density at radius 1 is 0.341 bits per heavy atom. The second-order valence-electron chi connectivity index (χ2n) is 20.8. The third-order valence-corrected chi connectivity index (χ3v) is 15.0. The van der Waals surface area contributed by atoms with Crippen LogP contribution in [-0.2, 0) is 66.9 Å². The molecule has 0 aliphatic heterocycles. The first-order valence-electron chi connectivity index (χ1n) is 28.9. The zero-order chi connectivity index (χ0) is 61.9. The van der Waals surface area contributed by atoms with Crippen molar-refractivity contribution in [3.05, 3.63) is 0 Å². The smallest absolute Gasteiger partial charge is 0.242 e. The fourth-order valence-electron chi connectivity index (χ4n) is 8.20. The first-order chi connectivity index (χ1) is 38.3. The van der Waals surface area contributed by atoms with Crippen LogP contribution in [0.5, 0.6) is 0 Å². The van der Waals surface area contributed by atoms with Crippen molar-refractivity contribution in [2.24, 2.45) is 5.73 Å². The molecule has 0 aliphatic rings. The lowest BCUT2D eigenvalue weighted by Gasteiger charge is -2.36. The van der Waals surface area contributed by atoms with Gasteiger partial charge in [0.1, 0.15) is 26.2 Å². The first kappa shape index (κ1) is 78.6. The summed E-state index contributed by atoms with van der Waals surface area (Å²) in [5.74, 6) is -5.38. The molecule has 3 N–H and O–H groups in total. The first-order valence-corrected chi connectivity index (χ1v) is 28.9. The van der Waals surface area contributed by atoms with Crippen LogP contribution in [0.4, 0.5) is 0 Å². The molecule has 0 aromatic heterocycles. The second kappa shape index (κ2) is 43.2. The van der Waals surface area contributed by atoms with Gasteiger partial charge < -0.3 is 74.1 Å². The van der Waals surface area contributed by atoms with Crippen LogP contribution in [-0.4, -0.2) is 286 Å². The highest BCUT2D eigenvalue weighted by Crippen LogP contribution is 2.15. The second-order valence-corrected chi connectivity index (χ2v) is 20.8. The highest BCUT2D eigenvalue weighted by atomic mass is 16.5. The number of carbonyl (C=O) groups excluding carboxylic acids is 10. The van der Waals surface area contributed by atoms with Crippen LogP contribution < -0.4 is 11.1 Å². The van der Waals surface area contributed by atoms with Crippen molar-refractivity contribution in [1.29, 1.82) is 0 Å². The SMILES string of the molecule is C.CCC(C)NCC(=O)N(CC(=O)N(CCOC)CC(=O)N(CCOC)CC(=O)N(CC(=O)N(CC(=O)N(CCOC)CC(=O)N(CCOC)CC(=O)N(CC(=O)N(CC(N)=O)C(C)CC)C(C)CC)C(C)CC)C(C)CC)C(C)CC. The zero-order valence-corrected chi connectivity index (χ0v) is 52.3. The predicted molar refractivity (Wildman–Crippen MR) is 315 cm³/mol. The molecule has 476 valence electrons. The Bertz CT molecular complexity index is 1950. The van der Waals surface area contributed by atoms with E-state index >= 15 is 0 Å². The Morgan fingerprint density at radius 3 is 0.805 bits per heavy atom. The molecule has 82 heavy (non-hydrogen) atoms. The number of nitrogens with one attached hydrogen (secondary N) is 1.